The molecule has 0 saturated heterocycles. The summed E-state index contributed by atoms with van der Waals surface area (Å²) in [5.74, 6) is -0.0949. The van der Waals surface area contributed by atoms with Crippen molar-refractivity contribution in [2.75, 3.05) is 18.9 Å². The number of fused-ring (bicyclic) bond motifs is 1. The van der Waals surface area contributed by atoms with Gasteiger partial charge in [-0.15, -0.1) is 0 Å². The summed E-state index contributed by atoms with van der Waals surface area (Å²) in [4.78, 5) is 30.0. The Labute approximate surface area is 159 Å². The summed E-state index contributed by atoms with van der Waals surface area (Å²) in [6, 6.07) is 12.8. The maximum Gasteiger partial charge on any atom is 0.279 e. The van der Waals surface area contributed by atoms with E-state index in [1.165, 1.54) is 10.5 Å². The van der Waals surface area contributed by atoms with Gasteiger partial charge in [-0.05, 0) is 46.6 Å². The van der Waals surface area contributed by atoms with Crippen LogP contribution in [0.3, 0.4) is 0 Å². The van der Waals surface area contributed by atoms with Gasteiger partial charge in [-0.2, -0.15) is 0 Å². The number of likely N-dealkylation sites (N-methyl/N-ethyl adjacent to an activating group) is 1. The molecule has 0 spiro atoms. The van der Waals surface area contributed by atoms with Gasteiger partial charge in [0.25, 0.3) is 11.5 Å². The van der Waals surface area contributed by atoms with Gasteiger partial charge in [0, 0.05) is 16.7 Å². The van der Waals surface area contributed by atoms with Gasteiger partial charge in [0.2, 0.25) is 0 Å². The van der Waals surface area contributed by atoms with Crippen molar-refractivity contribution in [3.63, 3.8) is 0 Å². The molecule has 3 rings (SSSR count). The molecule has 1 amide bonds. The normalized spacial score (nSPS) is 12.1. The highest BCUT2D eigenvalue weighted by atomic mass is 79.9. The van der Waals surface area contributed by atoms with Crippen molar-refractivity contribution >= 4 is 33.2 Å². The summed E-state index contributed by atoms with van der Waals surface area (Å²) in [6.07, 6.45) is 1.77. The lowest BCUT2D eigenvalue weighted by molar-refractivity contribution is -0.885. The second kappa shape index (κ2) is 7.80. The van der Waals surface area contributed by atoms with Gasteiger partial charge in [-0.3, -0.25) is 14.0 Å². The number of amides is 1. The number of halogens is 1. The highest BCUT2D eigenvalue weighted by molar-refractivity contribution is 9.10. The number of carbonyl (C=O) groups is 1. The van der Waals surface area contributed by atoms with Crippen LogP contribution < -0.4 is 15.8 Å². The van der Waals surface area contributed by atoms with E-state index in [0.29, 0.717) is 17.9 Å². The van der Waals surface area contributed by atoms with E-state index in [2.05, 4.69) is 26.2 Å². The van der Waals surface area contributed by atoms with Crippen LogP contribution in [0.5, 0.6) is 0 Å². The summed E-state index contributed by atoms with van der Waals surface area (Å²) in [6.45, 7) is 2.70. The lowest BCUT2D eigenvalue weighted by atomic mass is 10.3. The number of anilines is 1. The first-order chi connectivity index (χ1) is 12.4. The molecule has 1 aromatic carbocycles. The monoisotopic (exact) mass is 415 g/mol. The number of hydrogen-bond acceptors (Lipinski definition) is 3. The maximum atomic E-state index is 12.3. The Morgan fingerprint density at radius 3 is 2.81 bits per heavy atom. The van der Waals surface area contributed by atoms with Gasteiger partial charge < -0.3 is 10.2 Å². The number of rotatable bonds is 5. The Bertz CT molecular complexity index is 1020. The Balaban J connectivity index is 1.68. The zero-order valence-electron chi connectivity index (χ0n) is 14.6. The molecule has 2 aromatic heterocycles. The fourth-order valence-corrected chi connectivity index (χ4v) is 3.14. The number of para-hydroxylation sites is 1. The van der Waals surface area contributed by atoms with E-state index < -0.39 is 0 Å². The molecule has 134 valence electrons. The van der Waals surface area contributed by atoms with Crippen molar-refractivity contribution in [3.05, 3.63) is 74.7 Å². The topological polar surface area (TPSA) is 67.9 Å². The number of aryl methyl sites for hydroxylation is 1. The summed E-state index contributed by atoms with van der Waals surface area (Å²) >= 11 is 3.41. The highest BCUT2D eigenvalue weighted by Gasteiger charge is 2.13. The van der Waals surface area contributed by atoms with E-state index in [1.807, 2.05) is 50.4 Å². The van der Waals surface area contributed by atoms with Crippen LogP contribution in [0.2, 0.25) is 0 Å². The Morgan fingerprint density at radius 1 is 1.27 bits per heavy atom. The van der Waals surface area contributed by atoms with Crippen LogP contribution in [-0.2, 0) is 11.3 Å². The van der Waals surface area contributed by atoms with E-state index in [0.717, 1.165) is 20.6 Å². The molecule has 2 heterocycles. The van der Waals surface area contributed by atoms with E-state index in [1.54, 1.807) is 6.20 Å². The zero-order valence-corrected chi connectivity index (χ0v) is 16.2. The molecule has 0 aliphatic heterocycles. The molecule has 3 aromatic rings. The van der Waals surface area contributed by atoms with Crippen molar-refractivity contribution < 1.29 is 9.69 Å². The standard InChI is InChI=1S/C19H19BrN4O2/c1-13-7-8-17-21-14(9-19(26)24(17)10-13)11-23(2)12-18(25)22-16-6-4-3-5-15(16)20/h3-10H,11-12H2,1-2H3,(H,22,25)/p+1. The molecule has 7 heteroatoms. The second-order valence-corrected chi connectivity index (χ2v) is 7.21. The minimum absolute atomic E-state index is 0.0949. The first-order valence-corrected chi connectivity index (χ1v) is 9.06. The van der Waals surface area contributed by atoms with Crippen LogP contribution >= 0.6 is 15.9 Å². The summed E-state index contributed by atoms with van der Waals surface area (Å²) in [5, 5.41) is 2.88. The molecule has 6 nitrogen and oxygen atoms in total. The van der Waals surface area contributed by atoms with E-state index in [-0.39, 0.29) is 18.0 Å². The van der Waals surface area contributed by atoms with Gasteiger partial charge in [0.15, 0.2) is 6.54 Å². The van der Waals surface area contributed by atoms with Crippen molar-refractivity contribution in [1.29, 1.82) is 0 Å². The van der Waals surface area contributed by atoms with Crippen LogP contribution in [0.1, 0.15) is 11.3 Å². The predicted molar refractivity (Wildman–Crippen MR) is 104 cm³/mol. The van der Waals surface area contributed by atoms with E-state index in [9.17, 15) is 9.59 Å². The van der Waals surface area contributed by atoms with Crippen molar-refractivity contribution in [1.82, 2.24) is 9.38 Å². The van der Waals surface area contributed by atoms with Crippen LogP contribution in [0.25, 0.3) is 5.65 Å². The maximum absolute atomic E-state index is 12.3. The van der Waals surface area contributed by atoms with Crippen LogP contribution in [-0.4, -0.2) is 28.9 Å². The molecular formula is C19H20BrN4O2+. The molecule has 0 aliphatic rings. The molecule has 0 fully saturated rings. The van der Waals surface area contributed by atoms with Crippen LogP contribution in [0, 0.1) is 6.92 Å². The third-order valence-corrected chi connectivity index (χ3v) is 4.65. The summed E-state index contributed by atoms with van der Waals surface area (Å²) in [5.41, 5.74) is 2.91. The molecule has 2 N–H and O–H groups in total. The first kappa shape index (κ1) is 18.3. The molecule has 0 radical (unpaired) electrons. The van der Waals surface area contributed by atoms with Crippen LogP contribution in [0.4, 0.5) is 5.69 Å². The average Bonchev–Trinajstić information content (AvgIpc) is 2.57. The number of nitrogens with one attached hydrogen (secondary N) is 2. The Hall–Kier alpha value is -2.51. The SMILES string of the molecule is Cc1ccc2nc(C[NH+](C)CC(=O)Nc3ccccc3Br)cc(=O)n2c1. The molecule has 0 aliphatic carbocycles. The Morgan fingerprint density at radius 2 is 2.04 bits per heavy atom. The molecule has 1 atom stereocenters. The van der Waals surface area contributed by atoms with E-state index >= 15 is 0 Å². The number of benzene rings is 1. The number of hydrogen-bond donors (Lipinski definition) is 2. The zero-order chi connectivity index (χ0) is 18.7. The molecule has 26 heavy (non-hydrogen) atoms. The molecule has 0 bridgehead atoms. The number of aromatic nitrogens is 2. The van der Waals surface area contributed by atoms with Gasteiger partial charge in [-0.1, -0.05) is 18.2 Å². The minimum Gasteiger partial charge on any atom is -0.325 e. The van der Waals surface area contributed by atoms with Gasteiger partial charge >= 0.3 is 0 Å². The molecule has 0 saturated carbocycles. The van der Waals surface area contributed by atoms with Crippen molar-refractivity contribution in [3.8, 4) is 0 Å². The fourth-order valence-electron chi connectivity index (χ4n) is 2.75. The lowest BCUT2D eigenvalue weighted by Crippen LogP contribution is -3.08. The highest BCUT2D eigenvalue weighted by Crippen LogP contribution is 2.20. The number of carbonyl (C=O) groups excluding carboxylic acids is 1. The number of quaternary nitrogens is 1. The van der Waals surface area contributed by atoms with Crippen molar-refractivity contribution in [2.45, 2.75) is 13.5 Å². The van der Waals surface area contributed by atoms with Gasteiger partial charge in [0.05, 0.1) is 12.7 Å². The first-order valence-electron chi connectivity index (χ1n) is 8.27. The summed E-state index contributed by atoms with van der Waals surface area (Å²) in [7, 11) is 1.90. The number of nitrogens with zero attached hydrogens (tertiary/aromatic N) is 2. The minimum atomic E-state index is -0.112. The largest absolute Gasteiger partial charge is 0.325 e. The molecular weight excluding hydrogens is 396 g/mol. The lowest BCUT2D eigenvalue weighted by Gasteiger charge is -2.14. The third kappa shape index (κ3) is 4.36. The third-order valence-electron chi connectivity index (χ3n) is 3.95. The fraction of sp³-hybridized carbons (Fsp3) is 0.211. The molecule has 1 unspecified atom stereocenters. The van der Waals surface area contributed by atoms with Gasteiger partial charge in [-0.25, -0.2) is 4.98 Å². The second-order valence-electron chi connectivity index (χ2n) is 6.36. The van der Waals surface area contributed by atoms with E-state index in [4.69, 9.17) is 0 Å². The smallest absolute Gasteiger partial charge is 0.279 e. The van der Waals surface area contributed by atoms with Crippen molar-refractivity contribution in [2.24, 2.45) is 0 Å². The average molecular weight is 416 g/mol. The van der Waals surface area contributed by atoms with Gasteiger partial charge in [0.1, 0.15) is 17.9 Å². The number of pyridine rings is 1. The Kier molecular flexibility index (Phi) is 5.49. The predicted octanol–water partition coefficient (Wildman–Crippen LogP) is 1.42. The van der Waals surface area contributed by atoms with Crippen LogP contribution in [0.15, 0.2) is 57.9 Å². The summed E-state index contributed by atoms with van der Waals surface area (Å²) < 4.78 is 2.37. The quantitative estimate of drug-likeness (QED) is 0.661.